The fourth-order valence-corrected chi connectivity index (χ4v) is 2.29. The Morgan fingerprint density at radius 3 is 2.53 bits per heavy atom. The Bertz CT molecular complexity index is 439. The van der Waals surface area contributed by atoms with E-state index < -0.39 is 0 Å². The highest BCUT2D eigenvalue weighted by molar-refractivity contribution is 7.99. The molecule has 0 spiro atoms. The summed E-state index contributed by atoms with van der Waals surface area (Å²) in [6.07, 6.45) is 0. The summed E-state index contributed by atoms with van der Waals surface area (Å²) in [4.78, 5) is 5.29. The van der Waals surface area contributed by atoms with Gasteiger partial charge >= 0.3 is 0 Å². The third-order valence-corrected chi connectivity index (χ3v) is 2.88. The van der Waals surface area contributed by atoms with Gasteiger partial charge in [0, 0.05) is 10.6 Å². The molecule has 2 nitrogen and oxygen atoms in total. The van der Waals surface area contributed by atoms with Crippen molar-refractivity contribution >= 4 is 29.1 Å². The topological polar surface area (TPSA) is 38.9 Å². The van der Waals surface area contributed by atoms with Crippen molar-refractivity contribution in [3.63, 3.8) is 0 Å². The zero-order chi connectivity index (χ0) is 10.7. The number of benzene rings is 1. The average Bonchev–Trinajstić information content (AvgIpc) is 2.17. The van der Waals surface area contributed by atoms with Gasteiger partial charge < -0.3 is 5.73 Å². The number of nitrogen functional groups attached to an aromatic ring is 1. The van der Waals surface area contributed by atoms with Crippen LogP contribution in [0.25, 0.3) is 0 Å². The minimum absolute atomic E-state index is 0.424. The van der Waals surface area contributed by atoms with Crippen molar-refractivity contribution in [1.82, 2.24) is 4.98 Å². The smallest absolute Gasteiger partial charge is 0.132 e. The molecule has 4 heteroatoms. The van der Waals surface area contributed by atoms with Gasteiger partial charge in [-0.25, -0.2) is 4.98 Å². The molecule has 15 heavy (non-hydrogen) atoms. The molecule has 0 atom stereocenters. The van der Waals surface area contributed by atoms with Gasteiger partial charge in [-0.05, 0) is 24.3 Å². The second-order valence-electron chi connectivity index (χ2n) is 2.98. The SMILES string of the molecule is Nc1cc(Cl)nc(Sc2ccccc2)c1. The lowest BCUT2D eigenvalue weighted by Gasteiger charge is -2.02. The van der Waals surface area contributed by atoms with E-state index in [1.165, 1.54) is 0 Å². The van der Waals surface area contributed by atoms with Crippen molar-refractivity contribution in [2.45, 2.75) is 9.92 Å². The molecule has 0 aliphatic rings. The highest BCUT2D eigenvalue weighted by atomic mass is 35.5. The van der Waals surface area contributed by atoms with Crippen molar-refractivity contribution in [3.05, 3.63) is 47.6 Å². The molecule has 1 heterocycles. The zero-order valence-electron chi connectivity index (χ0n) is 7.85. The van der Waals surface area contributed by atoms with Crippen LogP contribution >= 0.6 is 23.4 Å². The first-order chi connectivity index (χ1) is 7.24. The second kappa shape index (κ2) is 4.55. The van der Waals surface area contributed by atoms with Crippen LogP contribution in [0.1, 0.15) is 0 Å². The molecule has 0 amide bonds. The molecule has 2 aromatic rings. The maximum atomic E-state index is 5.81. The fraction of sp³-hybridized carbons (Fsp3) is 0. The molecule has 2 N–H and O–H groups in total. The maximum Gasteiger partial charge on any atom is 0.132 e. The lowest BCUT2D eigenvalue weighted by molar-refractivity contribution is 1.14. The van der Waals surface area contributed by atoms with Gasteiger partial charge in [0.05, 0.1) is 0 Å². The van der Waals surface area contributed by atoms with Crippen LogP contribution in [0.15, 0.2) is 52.4 Å². The van der Waals surface area contributed by atoms with Gasteiger partial charge in [-0.1, -0.05) is 41.6 Å². The van der Waals surface area contributed by atoms with Crippen LogP contribution in [0, 0.1) is 0 Å². The third kappa shape index (κ3) is 2.88. The van der Waals surface area contributed by atoms with Crippen LogP contribution in [0.3, 0.4) is 0 Å². The first-order valence-electron chi connectivity index (χ1n) is 4.40. The van der Waals surface area contributed by atoms with Crippen molar-refractivity contribution in [2.24, 2.45) is 0 Å². The molecule has 0 unspecified atom stereocenters. The van der Waals surface area contributed by atoms with Crippen molar-refractivity contribution in [3.8, 4) is 0 Å². The Labute approximate surface area is 97.5 Å². The Kier molecular flexibility index (Phi) is 3.14. The van der Waals surface area contributed by atoms with Gasteiger partial charge in [-0.15, -0.1) is 0 Å². The van der Waals surface area contributed by atoms with Gasteiger partial charge in [-0.2, -0.15) is 0 Å². The summed E-state index contributed by atoms with van der Waals surface area (Å²) in [5, 5.41) is 1.24. The Balaban J connectivity index is 2.25. The number of hydrogen-bond acceptors (Lipinski definition) is 3. The highest BCUT2D eigenvalue weighted by Gasteiger charge is 2.01. The Morgan fingerprint density at radius 2 is 1.87 bits per heavy atom. The van der Waals surface area contributed by atoms with E-state index in [9.17, 15) is 0 Å². The molecule has 0 aliphatic heterocycles. The van der Waals surface area contributed by atoms with Crippen molar-refractivity contribution in [1.29, 1.82) is 0 Å². The van der Waals surface area contributed by atoms with Crippen molar-refractivity contribution in [2.75, 3.05) is 5.73 Å². The molecular formula is C11H9ClN2S. The molecule has 0 saturated carbocycles. The summed E-state index contributed by atoms with van der Waals surface area (Å²) in [7, 11) is 0. The number of halogens is 1. The number of rotatable bonds is 2. The molecule has 0 radical (unpaired) electrons. The zero-order valence-corrected chi connectivity index (χ0v) is 9.42. The van der Waals surface area contributed by atoms with E-state index in [1.54, 1.807) is 17.8 Å². The minimum Gasteiger partial charge on any atom is -0.399 e. The number of aromatic nitrogens is 1. The first kappa shape index (κ1) is 10.3. The third-order valence-electron chi connectivity index (χ3n) is 1.76. The van der Waals surface area contributed by atoms with E-state index in [0.717, 1.165) is 9.92 Å². The predicted octanol–water partition coefficient (Wildman–Crippen LogP) is 3.47. The molecule has 1 aromatic carbocycles. The van der Waals surface area contributed by atoms with E-state index in [2.05, 4.69) is 4.98 Å². The van der Waals surface area contributed by atoms with Gasteiger partial charge in [0.1, 0.15) is 10.2 Å². The average molecular weight is 237 g/mol. The summed E-state index contributed by atoms with van der Waals surface area (Å²) in [6, 6.07) is 13.4. The van der Waals surface area contributed by atoms with Crippen LogP contribution in [-0.4, -0.2) is 4.98 Å². The van der Waals surface area contributed by atoms with Gasteiger partial charge in [0.25, 0.3) is 0 Å². The Morgan fingerprint density at radius 1 is 1.13 bits per heavy atom. The summed E-state index contributed by atoms with van der Waals surface area (Å²) in [6.45, 7) is 0. The van der Waals surface area contributed by atoms with Crippen molar-refractivity contribution < 1.29 is 0 Å². The van der Waals surface area contributed by atoms with E-state index in [4.69, 9.17) is 17.3 Å². The van der Waals surface area contributed by atoms with Gasteiger partial charge in [-0.3, -0.25) is 0 Å². The molecule has 2 rings (SSSR count). The fourth-order valence-electron chi connectivity index (χ4n) is 1.15. The number of nitrogens with zero attached hydrogens (tertiary/aromatic N) is 1. The largest absolute Gasteiger partial charge is 0.399 e. The molecule has 76 valence electrons. The maximum absolute atomic E-state index is 5.81. The lowest BCUT2D eigenvalue weighted by atomic mass is 10.4. The second-order valence-corrected chi connectivity index (χ2v) is 4.46. The number of anilines is 1. The number of hydrogen-bond donors (Lipinski definition) is 1. The van der Waals surface area contributed by atoms with Crippen LogP contribution in [0.4, 0.5) is 5.69 Å². The standard InChI is InChI=1S/C11H9ClN2S/c12-10-6-8(13)7-11(14-10)15-9-4-2-1-3-5-9/h1-7H,(H2,13,14). The quantitative estimate of drug-likeness (QED) is 0.812. The summed E-state index contributed by atoms with van der Waals surface area (Å²) in [5.41, 5.74) is 6.31. The van der Waals surface area contributed by atoms with Crippen LogP contribution in [-0.2, 0) is 0 Å². The lowest BCUT2D eigenvalue weighted by Crippen LogP contribution is -1.88. The van der Waals surface area contributed by atoms with E-state index in [1.807, 2.05) is 36.4 Å². The molecule has 0 bridgehead atoms. The normalized spacial score (nSPS) is 10.2. The van der Waals surface area contributed by atoms with Crippen LogP contribution in [0.5, 0.6) is 0 Å². The molecule has 0 saturated heterocycles. The molecule has 0 fully saturated rings. The number of nitrogens with two attached hydrogens (primary N) is 1. The summed E-state index contributed by atoms with van der Waals surface area (Å²) < 4.78 is 0. The monoisotopic (exact) mass is 236 g/mol. The number of pyridine rings is 1. The molecule has 1 aromatic heterocycles. The van der Waals surface area contributed by atoms with E-state index in [-0.39, 0.29) is 0 Å². The van der Waals surface area contributed by atoms with Gasteiger partial charge in [0.15, 0.2) is 0 Å². The predicted molar refractivity (Wildman–Crippen MR) is 64.2 cm³/mol. The van der Waals surface area contributed by atoms with E-state index in [0.29, 0.717) is 10.8 Å². The highest BCUT2D eigenvalue weighted by Crippen LogP contribution is 2.28. The molecular weight excluding hydrogens is 228 g/mol. The Hall–Kier alpha value is -1.19. The summed E-state index contributed by atoms with van der Waals surface area (Å²) in [5.74, 6) is 0. The minimum atomic E-state index is 0.424. The summed E-state index contributed by atoms with van der Waals surface area (Å²) >= 11 is 7.35. The van der Waals surface area contributed by atoms with Crippen LogP contribution < -0.4 is 5.73 Å². The van der Waals surface area contributed by atoms with Gasteiger partial charge in [0.2, 0.25) is 0 Å². The van der Waals surface area contributed by atoms with Crippen LogP contribution in [0.2, 0.25) is 5.15 Å². The first-order valence-corrected chi connectivity index (χ1v) is 5.59. The molecule has 0 aliphatic carbocycles. The van der Waals surface area contributed by atoms with E-state index >= 15 is 0 Å².